The number of carbonyl (C=O) groups excluding carboxylic acids is 1. The Balaban J connectivity index is 1.81. The SMILES string of the molecule is COc1ccc(/C=C/C(=O)c2ccc(Br)cc2)cc1COc1c(F)c(F)cc(F)c1F. The van der Waals surface area contributed by atoms with Crippen molar-refractivity contribution in [2.75, 3.05) is 7.11 Å². The molecule has 0 heterocycles. The van der Waals surface area contributed by atoms with Crippen molar-refractivity contribution in [3.8, 4) is 11.5 Å². The number of rotatable bonds is 7. The second-order valence-electron chi connectivity index (χ2n) is 6.36. The van der Waals surface area contributed by atoms with Gasteiger partial charge in [0.25, 0.3) is 0 Å². The molecule has 3 aromatic carbocycles. The minimum atomic E-state index is -1.63. The van der Waals surface area contributed by atoms with Crippen LogP contribution in [0.25, 0.3) is 6.08 Å². The van der Waals surface area contributed by atoms with Crippen LogP contribution in [0.5, 0.6) is 11.5 Å². The van der Waals surface area contributed by atoms with E-state index in [9.17, 15) is 22.4 Å². The highest BCUT2D eigenvalue weighted by Crippen LogP contribution is 2.29. The average molecular weight is 495 g/mol. The number of ether oxygens (including phenoxy) is 2. The van der Waals surface area contributed by atoms with Crippen molar-refractivity contribution in [1.82, 2.24) is 0 Å². The molecule has 0 fully saturated rings. The van der Waals surface area contributed by atoms with Crippen LogP contribution in [0.2, 0.25) is 0 Å². The van der Waals surface area contributed by atoms with E-state index in [1.54, 1.807) is 48.5 Å². The van der Waals surface area contributed by atoms with Gasteiger partial charge in [-0.15, -0.1) is 0 Å². The zero-order valence-electron chi connectivity index (χ0n) is 16.1. The summed E-state index contributed by atoms with van der Waals surface area (Å²) in [4.78, 5) is 12.3. The van der Waals surface area contributed by atoms with Crippen LogP contribution in [0.4, 0.5) is 17.6 Å². The Morgan fingerprint density at radius 1 is 0.968 bits per heavy atom. The Morgan fingerprint density at radius 2 is 1.61 bits per heavy atom. The van der Waals surface area contributed by atoms with Crippen molar-refractivity contribution < 1.29 is 31.8 Å². The molecule has 0 aliphatic heterocycles. The zero-order chi connectivity index (χ0) is 22.5. The number of hydrogen-bond donors (Lipinski definition) is 0. The molecule has 31 heavy (non-hydrogen) atoms. The predicted octanol–water partition coefficient (Wildman–Crippen LogP) is 6.49. The molecule has 0 aliphatic carbocycles. The van der Waals surface area contributed by atoms with Gasteiger partial charge in [0.15, 0.2) is 23.2 Å². The molecule has 0 amide bonds. The Hall–Kier alpha value is -3.13. The third kappa shape index (κ3) is 5.32. The van der Waals surface area contributed by atoms with Crippen LogP contribution in [0.1, 0.15) is 21.5 Å². The summed E-state index contributed by atoms with van der Waals surface area (Å²) in [5, 5.41) is 0. The van der Waals surface area contributed by atoms with Gasteiger partial charge in [-0.25, -0.2) is 8.78 Å². The molecule has 0 bridgehead atoms. The standard InChI is InChI=1S/C23H15BrF4O3/c1-30-20-9-3-13(2-8-19(29)14-4-6-16(24)7-5-14)10-15(20)12-31-23-21(27)17(25)11-18(26)22(23)28/h2-11H,12H2,1H3/b8-2+. The first-order valence-corrected chi connectivity index (χ1v) is 9.70. The summed E-state index contributed by atoms with van der Waals surface area (Å²) in [6.45, 7) is -0.428. The van der Waals surface area contributed by atoms with Crippen LogP contribution >= 0.6 is 15.9 Å². The molecule has 0 saturated heterocycles. The Bertz CT molecular complexity index is 1120. The molecule has 8 heteroatoms. The van der Waals surface area contributed by atoms with Crippen LogP contribution in [0.3, 0.4) is 0 Å². The molecule has 0 atom stereocenters. The van der Waals surface area contributed by atoms with Crippen LogP contribution < -0.4 is 9.47 Å². The number of ketones is 1. The van der Waals surface area contributed by atoms with Gasteiger partial charge in [0.05, 0.1) is 7.11 Å². The lowest BCUT2D eigenvalue weighted by Gasteiger charge is -2.13. The minimum absolute atomic E-state index is 0.103. The van der Waals surface area contributed by atoms with E-state index in [0.717, 1.165) is 4.47 Å². The van der Waals surface area contributed by atoms with Crippen molar-refractivity contribution in [3.05, 3.63) is 99.0 Å². The molecule has 160 valence electrons. The van der Waals surface area contributed by atoms with Gasteiger partial charge < -0.3 is 9.47 Å². The summed E-state index contributed by atoms with van der Waals surface area (Å²) < 4.78 is 65.4. The lowest BCUT2D eigenvalue weighted by Crippen LogP contribution is -2.05. The summed E-state index contributed by atoms with van der Waals surface area (Å²) in [5.41, 5.74) is 1.43. The number of benzene rings is 3. The smallest absolute Gasteiger partial charge is 0.203 e. The van der Waals surface area contributed by atoms with Crippen LogP contribution in [0, 0.1) is 23.3 Å². The van der Waals surface area contributed by atoms with Crippen LogP contribution in [0.15, 0.2) is 59.1 Å². The van der Waals surface area contributed by atoms with Gasteiger partial charge in [0, 0.05) is 21.7 Å². The van der Waals surface area contributed by atoms with Crippen LogP contribution in [-0.2, 0) is 6.61 Å². The van der Waals surface area contributed by atoms with Gasteiger partial charge in [-0.1, -0.05) is 28.1 Å². The number of allylic oxidation sites excluding steroid dienone is 1. The highest BCUT2D eigenvalue weighted by molar-refractivity contribution is 9.10. The minimum Gasteiger partial charge on any atom is -0.496 e. The Labute approximate surface area is 184 Å². The van der Waals surface area contributed by atoms with Crippen LogP contribution in [-0.4, -0.2) is 12.9 Å². The molecule has 3 rings (SSSR count). The first-order valence-electron chi connectivity index (χ1n) is 8.91. The van der Waals surface area contributed by atoms with Gasteiger partial charge in [0.2, 0.25) is 11.6 Å². The zero-order valence-corrected chi connectivity index (χ0v) is 17.7. The molecular formula is C23H15BrF4O3. The quantitative estimate of drug-likeness (QED) is 0.163. The van der Waals surface area contributed by atoms with E-state index in [-0.39, 0.29) is 11.8 Å². The second-order valence-corrected chi connectivity index (χ2v) is 7.28. The van der Waals surface area contributed by atoms with E-state index in [1.165, 1.54) is 13.2 Å². The average Bonchev–Trinajstić information content (AvgIpc) is 2.76. The molecule has 0 radical (unpaired) electrons. The Kier molecular flexibility index (Phi) is 7.12. The fourth-order valence-corrected chi connectivity index (χ4v) is 2.99. The molecule has 3 nitrogen and oxygen atoms in total. The fraction of sp³-hybridized carbons (Fsp3) is 0.0870. The maximum Gasteiger partial charge on any atom is 0.203 e. The highest BCUT2D eigenvalue weighted by Gasteiger charge is 2.21. The third-order valence-corrected chi connectivity index (χ3v) is 4.83. The number of hydrogen-bond acceptors (Lipinski definition) is 3. The maximum absolute atomic E-state index is 13.8. The number of halogens is 5. The second kappa shape index (κ2) is 9.78. The topological polar surface area (TPSA) is 35.5 Å². The van der Waals surface area contributed by atoms with Crippen molar-refractivity contribution in [3.63, 3.8) is 0 Å². The van der Waals surface area contributed by atoms with E-state index in [4.69, 9.17) is 9.47 Å². The van der Waals surface area contributed by atoms with E-state index in [0.29, 0.717) is 22.4 Å². The normalized spacial score (nSPS) is 11.0. The van der Waals surface area contributed by atoms with Crippen molar-refractivity contribution in [2.45, 2.75) is 6.61 Å². The highest BCUT2D eigenvalue weighted by atomic mass is 79.9. The van der Waals surface area contributed by atoms with Crippen molar-refractivity contribution >= 4 is 27.8 Å². The Morgan fingerprint density at radius 3 is 2.23 bits per heavy atom. The fourth-order valence-electron chi connectivity index (χ4n) is 2.73. The molecule has 0 saturated carbocycles. The molecule has 0 unspecified atom stereocenters. The maximum atomic E-state index is 13.8. The van der Waals surface area contributed by atoms with E-state index in [1.807, 2.05) is 0 Å². The monoisotopic (exact) mass is 494 g/mol. The number of carbonyl (C=O) groups is 1. The third-order valence-electron chi connectivity index (χ3n) is 4.30. The summed E-state index contributed by atoms with van der Waals surface area (Å²) in [5.74, 6) is -7.45. The van der Waals surface area contributed by atoms with Gasteiger partial charge in [-0.3, -0.25) is 4.79 Å². The summed E-state index contributed by atoms with van der Waals surface area (Å²) in [6, 6.07) is 11.7. The molecule has 0 aromatic heterocycles. The lowest BCUT2D eigenvalue weighted by atomic mass is 10.1. The van der Waals surface area contributed by atoms with E-state index >= 15 is 0 Å². The largest absolute Gasteiger partial charge is 0.496 e. The van der Waals surface area contributed by atoms with Crippen molar-refractivity contribution in [1.29, 1.82) is 0 Å². The van der Waals surface area contributed by atoms with E-state index in [2.05, 4.69) is 15.9 Å². The van der Waals surface area contributed by atoms with Gasteiger partial charge in [-0.2, -0.15) is 8.78 Å². The predicted molar refractivity (Wildman–Crippen MR) is 111 cm³/mol. The summed E-state index contributed by atoms with van der Waals surface area (Å²) >= 11 is 3.30. The molecule has 0 spiro atoms. The lowest BCUT2D eigenvalue weighted by molar-refractivity contribution is 0.104. The van der Waals surface area contributed by atoms with Gasteiger partial charge in [-0.05, 0) is 48.0 Å². The van der Waals surface area contributed by atoms with Gasteiger partial charge in [0.1, 0.15) is 12.4 Å². The molecule has 0 aliphatic rings. The molecular weight excluding hydrogens is 480 g/mol. The molecule has 3 aromatic rings. The van der Waals surface area contributed by atoms with Crippen molar-refractivity contribution in [2.24, 2.45) is 0 Å². The summed E-state index contributed by atoms with van der Waals surface area (Å²) in [6.07, 6.45) is 2.92. The number of methoxy groups -OCH3 is 1. The first-order chi connectivity index (χ1) is 14.8. The van der Waals surface area contributed by atoms with E-state index < -0.39 is 35.6 Å². The molecule has 0 N–H and O–H groups in total. The summed E-state index contributed by atoms with van der Waals surface area (Å²) in [7, 11) is 1.38. The van der Waals surface area contributed by atoms with Gasteiger partial charge >= 0.3 is 0 Å². The first kappa shape index (κ1) is 22.6.